The Morgan fingerprint density at radius 1 is 0.800 bits per heavy atom. The van der Waals surface area contributed by atoms with Crippen LogP contribution in [0.25, 0.3) is 0 Å². The van der Waals surface area contributed by atoms with E-state index in [1.165, 1.54) is 14.2 Å². The van der Waals surface area contributed by atoms with E-state index in [1.807, 2.05) is 19.1 Å². The van der Waals surface area contributed by atoms with Crippen molar-refractivity contribution in [2.24, 2.45) is 5.10 Å². The number of anilines is 1. The van der Waals surface area contributed by atoms with Crippen molar-refractivity contribution in [1.29, 1.82) is 0 Å². The molecule has 3 rings (SSSR count). The van der Waals surface area contributed by atoms with E-state index < -0.39 is 17.8 Å². The van der Waals surface area contributed by atoms with Crippen LogP contribution in [0, 0.1) is 6.92 Å². The molecule has 3 aromatic carbocycles. The van der Waals surface area contributed by atoms with Crippen molar-refractivity contribution in [3.63, 3.8) is 0 Å². The first-order valence-corrected chi connectivity index (χ1v) is 10.6. The van der Waals surface area contributed by atoms with Gasteiger partial charge in [0.1, 0.15) is 5.75 Å². The van der Waals surface area contributed by atoms with E-state index in [9.17, 15) is 14.4 Å². The van der Waals surface area contributed by atoms with Gasteiger partial charge >= 0.3 is 17.8 Å². The van der Waals surface area contributed by atoms with E-state index in [-0.39, 0.29) is 11.5 Å². The number of nitrogens with one attached hydrogen (secondary N) is 2. The quantitative estimate of drug-likeness (QED) is 0.177. The zero-order valence-corrected chi connectivity index (χ0v) is 19.7. The molecule has 180 valence electrons. The maximum absolute atomic E-state index is 12.5. The number of hydrogen-bond acceptors (Lipinski definition) is 7. The number of carbonyl (C=O) groups excluding carboxylic acids is 3. The smallest absolute Gasteiger partial charge is 0.343 e. The number of nitrogens with zero attached hydrogens (tertiary/aromatic N) is 1. The Morgan fingerprint density at radius 2 is 1.54 bits per heavy atom. The Bertz CT molecular complexity index is 1270. The van der Waals surface area contributed by atoms with Crippen LogP contribution in [0.15, 0.2) is 71.8 Å². The van der Waals surface area contributed by atoms with Gasteiger partial charge in [0.05, 0.1) is 25.5 Å². The summed E-state index contributed by atoms with van der Waals surface area (Å²) < 4.78 is 15.9. The van der Waals surface area contributed by atoms with Crippen molar-refractivity contribution >= 4 is 29.2 Å². The van der Waals surface area contributed by atoms with E-state index in [4.69, 9.17) is 14.2 Å². The highest BCUT2D eigenvalue weighted by Gasteiger charge is 2.16. The molecule has 0 aliphatic carbocycles. The van der Waals surface area contributed by atoms with Crippen LogP contribution in [-0.2, 0) is 9.59 Å². The van der Waals surface area contributed by atoms with Crippen LogP contribution in [0.3, 0.4) is 0 Å². The van der Waals surface area contributed by atoms with Crippen molar-refractivity contribution in [2.75, 3.05) is 19.5 Å². The zero-order valence-electron chi connectivity index (χ0n) is 19.7. The summed E-state index contributed by atoms with van der Waals surface area (Å²) in [5.41, 5.74) is 5.07. The van der Waals surface area contributed by atoms with E-state index in [2.05, 4.69) is 15.8 Å². The average Bonchev–Trinajstić information content (AvgIpc) is 2.88. The van der Waals surface area contributed by atoms with Gasteiger partial charge in [-0.3, -0.25) is 9.59 Å². The normalized spacial score (nSPS) is 10.8. The summed E-state index contributed by atoms with van der Waals surface area (Å²) in [6.45, 7) is 3.57. The SMILES string of the molecule is COc1cccc(C(=O)Oc2ccc(C(C)=NNC(=O)C(=O)Nc3ccc(C)cc3)cc2OC)c1. The van der Waals surface area contributed by atoms with Gasteiger partial charge in [-0.05, 0) is 62.4 Å². The van der Waals surface area contributed by atoms with E-state index >= 15 is 0 Å². The summed E-state index contributed by atoms with van der Waals surface area (Å²) >= 11 is 0. The van der Waals surface area contributed by atoms with Gasteiger partial charge in [-0.1, -0.05) is 23.8 Å². The number of ether oxygens (including phenoxy) is 3. The summed E-state index contributed by atoms with van der Waals surface area (Å²) in [5, 5.41) is 6.48. The van der Waals surface area contributed by atoms with Crippen molar-refractivity contribution < 1.29 is 28.6 Å². The first-order valence-electron chi connectivity index (χ1n) is 10.6. The molecule has 35 heavy (non-hydrogen) atoms. The third-order valence-electron chi connectivity index (χ3n) is 4.93. The van der Waals surface area contributed by atoms with Crippen LogP contribution in [0.2, 0.25) is 0 Å². The van der Waals surface area contributed by atoms with Gasteiger partial charge in [-0.2, -0.15) is 5.10 Å². The van der Waals surface area contributed by atoms with Crippen LogP contribution in [0.5, 0.6) is 17.2 Å². The zero-order chi connectivity index (χ0) is 25.4. The molecule has 0 fully saturated rings. The topological polar surface area (TPSA) is 115 Å². The fourth-order valence-corrected chi connectivity index (χ4v) is 2.96. The molecule has 0 radical (unpaired) electrons. The molecular weight excluding hydrogens is 450 g/mol. The minimum atomic E-state index is -0.916. The number of hydrogen-bond donors (Lipinski definition) is 2. The molecule has 2 amide bonds. The molecule has 0 saturated carbocycles. The maximum Gasteiger partial charge on any atom is 0.343 e. The van der Waals surface area contributed by atoms with Gasteiger partial charge in [0.15, 0.2) is 11.5 Å². The van der Waals surface area contributed by atoms with Crippen molar-refractivity contribution in [3.05, 3.63) is 83.4 Å². The Kier molecular flexibility index (Phi) is 8.18. The number of amides is 2. The lowest BCUT2D eigenvalue weighted by molar-refractivity contribution is -0.136. The standard InChI is InChI=1S/C26H25N3O6/c1-16-8-11-20(12-9-16)27-24(30)25(31)29-28-17(2)18-10-13-22(23(15-18)34-4)35-26(32)19-6-5-7-21(14-19)33-3/h5-15H,1-4H3,(H,27,30)(H,29,31). The molecule has 3 aromatic rings. The number of carbonyl (C=O) groups is 3. The number of methoxy groups -OCH3 is 2. The molecule has 0 aromatic heterocycles. The van der Waals surface area contributed by atoms with E-state index in [1.54, 1.807) is 61.5 Å². The van der Waals surface area contributed by atoms with Crippen molar-refractivity contribution in [3.8, 4) is 17.2 Å². The van der Waals surface area contributed by atoms with Crippen LogP contribution >= 0.6 is 0 Å². The predicted molar refractivity (Wildman–Crippen MR) is 131 cm³/mol. The molecular formula is C26H25N3O6. The summed E-state index contributed by atoms with van der Waals surface area (Å²) in [6.07, 6.45) is 0. The third kappa shape index (κ3) is 6.67. The second-order valence-electron chi connectivity index (χ2n) is 7.45. The molecule has 0 saturated heterocycles. The fraction of sp³-hybridized carbons (Fsp3) is 0.154. The molecule has 2 N–H and O–H groups in total. The van der Waals surface area contributed by atoms with Crippen LogP contribution < -0.4 is 25.0 Å². The van der Waals surface area contributed by atoms with E-state index in [0.29, 0.717) is 28.3 Å². The highest BCUT2D eigenvalue weighted by molar-refractivity contribution is 6.39. The summed E-state index contributed by atoms with van der Waals surface area (Å²) in [5.74, 6) is -1.31. The molecule has 0 bridgehead atoms. The highest BCUT2D eigenvalue weighted by Crippen LogP contribution is 2.29. The molecule has 0 heterocycles. The Morgan fingerprint density at radius 3 is 2.23 bits per heavy atom. The lowest BCUT2D eigenvalue weighted by Crippen LogP contribution is -2.32. The molecule has 0 aliphatic heterocycles. The lowest BCUT2D eigenvalue weighted by Gasteiger charge is -2.11. The number of esters is 1. The van der Waals surface area contributed by atoms with E-state index in [0.717, 1.165) is 5.56 Å². The van der Waals surface area contributed by atoms with Gasteiger partial charge in [-0.25, -0.2) is 10.2 Å². The molecule has 9 heteroatoms. The largest absolute Gasteiger partial charge is 0.497 e. The molecule has 0 atom stereocenters. The molecule has 0 spiro atoms. The summed E-state index contributed by atoms with van der Waals surface area (Å²) in [7, 11) is 2.95. The monoisotopic (exact) mass is 475 g/mol. The number of hydrazone groups is 1. The maximum atomic E-state index is 12.5. The second kappa shape index (κ2) is 11.5. The number of rotatable bonds is 7. The van der Waals surface area contributed by atoms with Gasteiger partial charge < -0.3 is 19.5 Å². The highest BCUT2D eigenvalue weighted by atomic mass is 16.6. The minimum Gasteiger partial charge on any atom is -0.497 e. The number of aryl methyl sites for hydroxylation is 1. The lowest BCUT2D eigenvalue weighted by atomic mass is 10.1. The Balaban J connectivity index is 1.66. The predicted octanol–water partition coefficient (Wildman–Crippen LogP) is 3.71. The Labute approximate surface area is 202 Å². The van der Waals surface area contributed by atoms with Gasteiger partial charge in [0, 0.05) is 11.3 Å². The van der Waals surface area contributed by atoms with Crippen LogP contribution in [0.1, 0.15) is 28.4 Å². The molecule has 0 unspecified atom stereocenters. The summed E-state index contributed by atoms with van der Waals surface area (Å²) in [4.78, 5) is 36.7. The molecule has 0 aliphatic rings. The fourth-order valence-electron chi connectivity index (χ4n) is 2.96. The van der Waals surface area contributed by atoms with Crippen LogP contribution in [-0.4, -0.2) is 37.7 Å². The number of benzene rings is 3. The first kappa shape index (κ1) is 25.0. The molecule has 9 nitrogen and oxygen atoms in total. The summed E-state index contributed by atoms with van der Waals surface area (Å²) in [6, 6.07) is 18.4. The van der Waals surface area contributed by atoms with Gasteiger partial charge in [-0.15, -0.1) is 0 Å². The van der Waals surface area contributed by atoms with Crippen LogP contribution in [0.4, 0.5) is 5.69 Å². The average molecular weight is 476 g/mol. The van der Waals surface area contributed by atoms with Crippen molar-refractivity contribution in [2.45, 2.75) is 13.8 Å². The van der Waals surface area contributed by atoms with Crippen molar-refractivity contribution in [1.82, 2.24) is 5.43 Å². The Hall–Kier alpha value is -4.66. The first-order chi connectivity index (χ1) is 16.8. The van der Waals surface area contributed by atoms with Gasteiger partial charge in [0.25, 0.3) is 0 Å². The second-order valence-corrected chi connectivity index (χ2v) is 7.45. The third-order valence-corrected chi connectivity index (χ3v) is 4.93. The van der Waals surface area contributed by atoms with Gasteiger partial charge in [0.2, 0.25) is 0 Å². The minimum absolute atomic E-state index is 0.207.